The summed E-state index contributed by atoms with van der Waals surface area (Å²) in [7, 11) is 3.84. The molecule has 0 aliphatic carbocycles. The molecule has 172 valence electrons. The maximum Gasteiger partial charge on any atom is 0.265 e. The zero-order chi connectivity index (χ0) is 23.2. The molecule has 1 amide bonds. The van der Waals surface area contributed by atoms with Gasteiger partial charge in [0.05, 0.1) is 17.7 Å². The van der Waals surface area contributed by atoms with Crippen LogP contribution in [0, 0.1) is 0 Å². The van der Waals surface area contributed by atoms with Gasteiger partial charge in [-0.2, -0.15) is 0 Å². The van der Waals surface area contributed by atoms with Crippen molar-refractivity contribution >= 4 is 51.6 Å². The highest BCUT2D eigenvalue weighted by Gasteiger charge is 2.44. The molecule has 1 N–H and O–H groups in total. The molecule has 2 aromatic heterocycles. The first-order valence-electron chi connectivity index (χ1n) is 11.4. The third kappa shape index (κ3) is 3.89. The van der Waals surface area contributed by atoms with Gasteiger partial charge in [-0.3, -0.25) is 9.69 Å². The van der Waals surface area contributed by atoms with Crippen LogP contribution in [0.1, 0.15) is 35.9 Å². The lowest BCUT2D eigenvalue weighted by molar-refractivity contribution is 0.103. The van der Waals surface area contributed by atoms with Crippen molar-refractivity contribution in [1.29, 1.82) is 0 Å². The molecule has 2 saturated heterocycles. The van der Waals surface area contributed by atoms with E-state index in [1.54, 1.807) is 7.11 Å². The molecule has 1 spiro atoms. The number of pyridine rings is 1. The fraction of sp³-hybridized carbons (Fsp3) is 0.385. The Morgan fingerprint density at radius 3 is 2.85 bits per heavy atom. The van der Waals surface area contributed by atoms with Crippen molar-refractivity contribution in [3.63, 3.8) is 0 Å². The molecule has 0 bridgehead atoms. The van der Waals surface area contributed by atoms with Crippen molar-refractivity contribution < 1.29 is 9.53 Å². The van der Waals surface area contributed by atoms with Gasteiger partial charge in [-0.1, -0.05) is 12.7 Å². The van der Waals surface area contributed by atoms with Crippen LogP contribution in [0.25, 0.3) is 22.9 Å². The van der Waals surface area contributed by atoms with E-state index >= 15 is 0 Å². The molecule has 4 heterocycles. The van der Waals surface area contributed by atoms with Crippen molar-refractivity contribution in [3.05, 3.63) is 45.6 Å². The summed E-state index contributed by atoms with van der Waals surface area (Å²) in [4.78, 5) is 24.4. The Kier molecular flexibility index (Phi) is 5.62. The molecule has 5 rings (SSSR count). The molecule has 7 heteroatoms. The molecule has 1 atom stereocenters. The van der Waals surface area contributed by atoms with Gasteiger partial charge < -0.3 is 15.0 Å². The highest BCUT2D eigenvalue weighted by atomic mass is 32.1. The van der Waals surface area contributed by atoms with Crippen LogP contribution in [0.5, 0.6) is 5.75 Å². The highest BCUT2D eigenvalue weighted by Crippen LogP contribution is 2.38. The van der Waals surface area contributed by atoms with E-state index in [-0.39, 0.29) is 5.91 Å². The molecule has 2 aliphatic rings. The van der Waals surface area contributed by atoms with Crippen LogP contribution in [0.4, 0.5) is 11.5 Å². The first-order chi connectivity index (χ1) is 15.9. The van der Waals surface area contributed by atoms with E-state index in [9.17, 15) is 4.79 Å². The van der Waals surface area contributed by atoms with Gasteiger partial charge >= 0.3 is 0 Å². The molecule has 2 aliphatic heterocycles. The number of ether oxygens (including phenoxy) is 1. The number of likely N-dealkylation sites (tertiary alicyclic amines) is 1. The number of anilines is 2. The number of hydrogen-bond donors (Lipinski definition) is 1. The number of carbonyl (C=O) groups excluding carboxylic acids is 1. The summed E-state index contributed by atoms with van der Waals surface area (Å²) in [6, 6.07) is 9.82. The number of nitrogens with zero attached hydrogens (tertiary/aromatic N) is 3. The number of carbonyl (C=O) groups is 1. The maximum atomic E-state index is 13.1. The Morgan fingerprint density at radius 2 is 2.12 bits per heavy atom. The van der Waals surface area contributed by atoms with E-state index in [4.69, 9.17) is 9.72 Å². The van der Waals surface area contributed by atoms with E-state index in [1.807, 2.05) is 31.2 Å². The van der Waals surface area contributed by atoms with Gasteiger partial charge in [-0.25, -0.2) is 4.98 Å². The Hall–Kier alpha value is -2.90. The van der Waals surface area contributed by atoms with Crippen LogP contribution in [-0.2, 0) is 0 Å². The summed E-state index contributed by atoms with van der Waals surface area (Å²) < 4.78 is 5.45. The monoisotopic (exact) mass is 462 g/mol. The van der Waals surface area contributed by atoms with Gasteiger partial charge in [-0.05, 0) is 80.5 Å². The molecule has 1 aromatic carbocycles. The Bertz CT molecular complexity index is 1330. The van der Waals surface area contributed by atoms with E-state index in [2.05, 4.69) is 40.9 Å². The lowest BCUT2D eigenvalue weighted by Crippen LogP contribution is -2.43. The summed E-state index contributed by atoms with van der Waals surface area (Å²) in [5, 5.41) is 5.82. The van der Waals surface area contributed by atoms with Crippen molar-refractivity contribution in [3.8, 4) is 5.75 Å². The van der Waals surface area contributed by atoms with Crippen molar-refractivity contribution in [2.75, 3.05) is 44.0 Å². The van der Waals surface area contributed by atoms with Gasteiger partial charge in [0.1, 0.15) is 16.4 Å². The molecular formula is C26H30N4O2S. The van der Waals surface area contributed by atoms with Crippen molar-refractivity contribution in [2.45, 2.75) is 31.7 Å². The Morgan fingerprint density at radius 1 is 1.27 bits per heavy atom. The van der Waals surface area contributed by atoms with Crippen LogP contribution in [0.3, 0.4) is 0 Å². The quantitative estimate of drug-likeness (QED) is 0.644. The fourth-order valence-electron chi connectivity index (χ4n) is 5.19. The first-order valence-corrected chi connectivity index (χ1v) is 12.3. The fourth-order valence-corrected chi connectivity index (χ4v) is 6.12. The number of hydrogen-bond acceptors (Lipinski definition) is 6. The van der Waals surface area contributed by atoms with E-state index in [1.165, 1.54) is 37.1 Å². The molecular weight excluding hydrogens is 432 g/mol. The van der Waals surface area contributed by atoms with E-state index in [0.717, 1.165) is 39.6 Å². The van der Waals surface area contributed by atoms with Crippen LogP contribution < -0.4 is 25.4 Å². The molecule has 0 saturated carbocycles. The summed E-state index contributed by atoms with van der Waals surface area (Å²) in [6.07, 6.45) is 5.70. The summed E-state index contributed by atoms with van der Waals surface area (Å²) in [5.74, 6) is 1.44. The smallest absolute Gasteiger partial charge is 0.265 e. The maximum absolute atomic E-state index is 13.1. The minimum Gasteiger partial charge on any atom is -0.495 e. The van der Waals surface area contributed by atoms with E-state index in [0.29, 0.717) is 21.9 Å². The summed E-state index contributed by atoms with van der Waals surface area (Å²) in [6.45, 7) is 9.23. The predicted molar refractivity (Wildman–Crippen MR) is 137 cm³/mol. The van der Waals surface area contributed by atoms with Crippen LogP contribution in [0.2, 0.25) is 0 Å². The number of nitrogens with one attached hydrogen (secondary N) is 1. The standard InChI is InChI=1S/C26H30N4O2S/c1-5-18-14-20(21(32-4)13-17(18)2)27-24(31)22-15-19-7-8-23(28-25(19)33-22)30-12-10-26(16-30)9-6-11-29(26)3/h5,7-8,13-15H,2,6,9-12,16H2,1,3-4H3,(H,27,31)/b18-5-/t26-/m1/s1. The number of benzene rings is 1. The third-order valence-corrected chi connectivity index (χ3v) is 8.26. The van der Waals surface area contributed by atoms with Gasteiger partial charge in [0.2, 0.25) is 0 Å². The molecule has 3 aromatic rings. The van der Waals surface area contributed by atoms with Crippen LogP contribution >= 0.6 is 11.3 Å². The highest BCUT2D eigenvalue weighted by molar-refractivity contribution is 7.20. The number of likely N-dealkylation sites (N-methyl/N-ethyl adjacent to an activating group) is 1. The second kappa shape index (κ2) is 8.47. The molecule has 6 nitrogen and oxygen atoms in total. The average molecular weight is 463 g/mol. The summed E-state index contributed by atoms with van der Waals surface area (Å²) >= 11 is 1.43. The number of rotatable bonds is 4. The van der Waals surface area contributed by atoms with Crippen molar-refractivity contribution in [2.24, 2.45) is 0 Å². The minimum absolute atomic E-state index is 0.163. The second-order valence-electron chi connectivity index (χ2n) is 9.09. The average Bonchev–Trinajstić information content (AvgIpc) is 3.53. The zero-order valence-electron chi connectivity index (χ0n) is 19.5. The third-order valence-electron chi connectivity index (χ3n) is 7.21. The largest absolute Gasteiger partial charge is 0.495 e. The van der Waals surface area contributed by atoms with Crippen molar-refractivity contribution in [1.82, 2.24) is 9.88 Å². The Balaban J connectivity index is 1.38. The van der Waals surface area contributed by atoms with E-state index < -0.39 is 0 Å². The second-order valence-corrected chi connectivity index (χ2v) is 10.1. The predicted octanol–water partition coefficient (Wildman–Crippen LogP) is 3.44. The molecule has 33 heavy (non-hydrogen) atoms. The van der Waals surface area contributed by atoms with Gasteiger partial charge in [-0.15, -0.1) is 11.3 Å². The zero-order valence-corrected chi connectivity index (χ0v) is 20.3. The number of thiophene rings is 1. The topological polar surface area (TPSA) is 57.7 Å². The lowest BCUT2D eigenvalue weighted by atomic mass is 9.96. The number of fused-ring (bicyclic) bond motifs is 1. The summed E-state index contributed by atoms with van der Waals surface area (Å²) in [5.41, 5.74) is 0.936. The normalized spacial score (nSPS) is 21.4. The first kappa shape index (κ1) is 21.9. The van der Waals surface area contributed by atoms with Crippen LogP contribution in [-0.4, -0.2) is 55.1 Å². The number of methoxy groups -OCH3 is 1. The van der Waals surface area contributed by atoms with Gasteiger partial charge in [0.25, 0.3) is 5.91 Å². The molecule has 2 fully saturated rings. The Labute approximate surface area is 198 Å². The molecule has 0 radical (unpaired) electrons. The number of aromatic nitrogens is 1. The number of amides is 1. The van der Waals surface area contributed by atoms with Crippen LogP contribution in [0.15, 0.2) is 30.3 Å². The SMILES string of the molecule is C=c1cc(OC)c(NC(=O)c2cc3ccc(N4CC[C@]5(CCCN5C)C4)nc3s2)c/c1=C/C. The molecule has 0 unspecified atom stereocenters. The minimum atomic E-state index is -0.163. The van der Waals surface area contributed by atoms with Gasteiger partial charge in [0, 0.05) is 24.0 Å². The lowest BCUT2D eigenvalue weighted by Gasteiger charge is -2.32. The van der Waals surface area contributed by atoms with Gasteiger partial charge in [0.15, 0.2) is 0 Å².